The molecule has 482 valence electrons. The van der Waals surface area contributed by atoms with Crippen LogP contribution in [-0.2, 0) is 99.8 Å². The largest absolute Gasteiger partial charge is 0.493 e. The first-order chi connectivity index (χ1) is 42.8. The SMILES string of the molecule is CCC(=O)C(CCSSC(C)(C)CCC(=O)N[C@@H](C)C(=O)C[C@@H](C)C(=O)Nc1cc(COc2cc3c(cc2C)C(=O)N2Cc4ccccc4C[C@H]2C(S(=O)(=O)OC)C3)cc(COc2cc3c(cc2OC)C(=O)N2Cc4ccccc4C[C@H]2CC3)c1)S(=O)(=O)OC. The van der Waals surface area contributed by atoms with Gasteiger partial charge in [0.05, 0.1) is 33.4 Å². The van der Waals surface area contributed by atoms with Crippen LogP contribution in [0.5, 0.6) is 17.2 Å². The van der Waals surface area contributed by atoms with Crippen LogP contribution in [0.3, 0.4) is 0 Å². The van der Waals surface area contributed by atoms with Crippen molar-refractivity contribution in [1.82, 2.24) is 15.1 Å². The Morgan fingerprint density at radius 1 is 0.711 bits per heavy atom. The van der Waals surface area contributed by atoms with Crippen molar-refractivity contribution >= 4 is 82.7 Å². The molecule has 23 heteroatoms. The molecule has 0 aliphatic carbocycles. The van der Waals surface area contributed by atoms with E-state index in [2.05, 4.69) is 26.9 Å². The predicted octanol–water partition coefficient (Wildman–Crippen LogP) is 9.84. The zero-order valence-corrected chi connectivity index (χ0v) is 55.6. The van der Waals surface area contributed by atoms with Crippen LogP contribution in [-0.4, -0.2) is 122 Å². The van der Waals surface area contributed by atoms with E-state index in [0.29, 0.717) is 87.9 Å². The summed E-state index contributed by atoms with van der Waals surface area (Å²) in [6.45, 7) is 11.2. The van der Waals surface area contributed by atoms with E-state index in [9.17, 15) is 45.6 Å². The van der Waals surface area contributed by atoms with Crippen molar-refractivity contribution in [3.63, 3.8) is 0 Å². The molecule has 2 N–H and O–H groups in total. The van der Waals surface area contributed by atoms with Gasteiger partial charge in [-0.15, -0.1) is 0 Å². The van der Waals surface area contributed by atoms with Crippen molar-refractivity contribution in [2.24, 2.45) is 5.92 Å². The monoisotopic (exact) mass is 1310 g/mol. The van der Waals surface area contributed by atoms with Crippen LogP contribution in [0.4, 0.5) is 5.69 Å². The molecule has 4 amide bonds. The van der Waals surface area contributed by atoms with Crippen LogP contribution in [0.15, 0.2) is 91.0 Å². The lowest BCUT2D eigenvalue weighted by atomic mass is 9.91. The maximum Gasteiger partial charge on any atom is 0.277 e. The van der Waals surface area contributed by atoms with Crippen LogP contribution in [0.25, 0.3) is 0 Å². The molecule has 4 aliphatic heterocycles. The summed E-state index contributed by atoms with van der Waals surface area (Å²) in [7, 11) is -1.58. The van der Waals surface area contributed by atoms with E-state index in [-0.39, 0.29) is 81.4 Å². The van der Waals surface area contributed by atoms with E-state index >= 15 is 0 Å². The quantitative estimate of drug-likeness (QED) is 0.0282. The van der Waals surface area contributed by atoms with Gasteiger partial charge in [0.2, 0.25) is 11.8 Å². The number of carbonyl (C=O) groups excluding carboxylic acids is 6. The average Bonchev–Trinajstić information content (AvgIpc) is 1.57. The Kier molecular flexibility index (Phi) is 21.7. The lowest BCUT2D eigenvalue weighted by Crippen LogP contribution is -2.52. The first-order valence-corrected chi connectivity index (χ1v) is 35.6. The van der Waals surface area contributed by atoms with Crippen LogP contribution >= 0.6 is 21.6 Å². The van der Waals surface area contributed by atoms with Crippen LogP contribution in [0.2, 0.25) is 0 Å². The third kappa shape index (κ3) is 15.7. The number of hydrogen-bond acceptors (Lipinski definition) is 17. The third-order valence-electron chi connectivity index (χ3n) is 17.5. The van der Waals surface area contributed by atoms with Crippen LogP contribution < -0.4 is 24.8 Å². The number of nitrogens with one attached hydrogen (secondary N) is 2. The maximum atomic E-state index is 14.5. The summed E-state index contributed by atoms with van der Waals surface area (Å²) in [4.78, 5) is 85.6. The van der Waals surface area contributed by atoms with Gasteiger partial charge in [-0.25, -0.2) is 0 Å². The minimum absolute atomic E-state index is 0.00160. The maximum absolute atomic E-state index is 14.5. The topological polar surface area (TPSA) is 247 Å². The molecule has 4 aliphatic rings. The number of carbonyl (C=O) groups is 6. The molecular weight excluding hydrogens is 1230 g/mol. The molecule has 0 saturated carbocycles. The van der Waals surface area contributed by atoms with Gasteiger partial charge >= 0.3 is 0 Å². The molecule has 0 fully saturated rings. The fraction of sp³-hybridized carbons (Fsp3) is 0.463. The Morgan fingerprint density at radius 3 is 1.97 bits per heavy atom. The van der Waals surface area contributed by atoms with Crippen molar-refractivity contribution in [3.8, 4) is 17.2 Å². The second kappa shape index (κ2) is 28.8. The minimum atomic E-state index is -4.14. The molecular formula is C67H80N4O15S4. The Hall–Kier alpha value is -6.76. The zero-order chi connectivity index (χ0) is 64.8. The highest BCUT2D eigenvalue weighted by Gasteiger charge is 2.46. The number of Topliss-reactive ketones (excluding diaryl/α,β-unsaturated/α-hetero) is 2. The molecule has 19 nitrogen and oxygen atoms in total. The van der Waals surface area contributed by atoms with Crippen LogP contribution in [0.1, 0.15) is 144 Å². The summed E-state index contributed by atoms with van der Waals surface area (Å²) in [6.07, 6.45) is 3.03. The average molecular weight is 1310 g/mol. The summed E-state index contributed by atoms with van der Waals surface area (Å²) < 4.78 is 80.5. The molecule has 5 aromatic carbocycles. The number of fused-ring (bicyclic) bond motifs is 6. The molecule has 0 saturated heterocycles. The number of amides is 4. The zero-order valence-electron chi connectivity index (χ0n) is 52.4. The van der Waals surface area contributed by atoms with Gasteiger partial charge in [0, 0.05) is 71.6 Å². The van der Waals surface area contributed by atoms with Crippen molar-refractivity contribution in [2.45, 2.75) is 165 Å². The highest BCUT2D eigenvalue weighted by Crippen LogP contribution is 2.42. The molecule has 5 aromatic rings. The summed E-state index contributed by atoms with van der Waals surface area (Å²) in [5, 5.41) is 3.45. The summed E-state index contributed by atoms with van der Waals surface area (Å²) in [5.41, 5.74) is 8.84. The first-order valence-electron chi connectivity index (χ1n) is 30.4. The molecule has 6 atom stereocenters. The molecule has 0 spiro atoms. The Balaban J connectivity index is 0.895. The number of hydrogen-bond donors (Lipinski definition) is 2. The van der Waals surface area contributed by atoms with Gasteiger partial charge in [0.1, 0.15) is 29.5 Å². The number of aryl methyl sites for hydroxylation is 2. The van der Waals surface area contributed by atoms with E-state index in [0.717, 1.165) is 49.3 Å². The summed E-state index contributed by atoms with van der Waals surface area (Å²) >= 11 is 0. The van der Waals surface area contributed by atoms with Crippen LogP contribution in [0, 0.1) is 12.8 Å². The molecule has 0 radical (unpaired) electrons. The smallest absolute Gasteiger partial charge is 0.277 e. The number of ether oxygens (including phenoxy) is 3. The van der Waals surface area contributed by atoms with Crippen molar-refractivity contribution in [1.29, 1.82) is 0 Å². The summed E-state index contributed by atoms with van der Waals surface area (Å²) in [6, 6.07) is 26.8. The lowest BCUT2D eigenvalue weighted by molar-refractivity contribution is -0.129. The summed E-state index contributed by atoms with van der Waals surface area (Å²) in [5.74, 6) is -1.18. The molecule has 4 heterocycles. The fourth-order valence-corrected chi connectivity index (χ4v) is 17.5. The van der Waals surface area contributed by atoms with Gasteiger partial charge in [-0.05, 0) is 165 Å². The molecule has 0 bridgehead atoms. The Morgan fingerprint density at radius 2 is 1.32 bits per heavy atom. The first kappa shape index (κ1) is 67.6. The van der Waals surface area contributed by atoms with Crippen molar-refractivity contribution in [2.75, 3.05) is 32.4 Å². The normalized spacial score (nSPS) is 18.2. The van der Waals surface area contributed by atoms with Crippen molar-refractivity contribution < 1.29 is 68.2 Å². The van der Waals surface area contributed by atoms with Gasteiger partial charge in [-0.1, -0.05) is 84.0 Å². The molecule has 90 heavy (non-hydrogen) atoms. The number of methoxy groups -OCH3 is 1. The highest BCUT2D eigenvalue weighted by atomic mass is 33.1. The van der Waals surface area contributed by atoms with Gasteiger partial charge in [0.25, 0.3) is 32.1 Å². The fourth-order valence-electron chi connectivity index (χ4n) is 12.3. The Bertz CT molecular complexity index is 3800. The minimum Gasteiger partial charge on any atom is -0.493 e. The number of nitrogens with zero attached hydrogens (tertiary/aromatic N) is 2. The number of ketones is 2. The molecule has 9 rings (SSSR count). The van der Waals surface area contributed by atoms with Gasteiger partial charge in [-0.2, -0.15) is 16.8 Å². The second-order valence-electron chi connectivity index (χ2n) is 24.3. The number of benzene rings is 5. The van der Waals surface area contributed by atoms with Gasteiger partial charge in [0.15, 0.2) is 23.1 Å². The van der Waals surface area contributed by atoms with Crippen molar-refractivity contribution in [3.05, 3.63) is 152 Å². The highest BCUT2D eigenvalue weighted by molar-refractivity contribution is 8.77. The van der Waals surface area contributed by atoms with E-state index in [4.69, 9.17) is 18.4 Å². The second-order valence-corrected chi connectivity index (χ2v) is 31.2. The lowest BCUT2D eigenvalue weighted by Gasteiger charge is -2.38. The number of anilines is 1. The predicted molar refractivity (Wildman–Crippen MR) is 347 cm³/mol. The van der Waals surface area contributed by atoms with Gasteiger partial charge in [-0.3, -0.25) is 37.1 Å². The van der Waals surface area contributed by atoms with E-state index in [1.165, 1.54) is 34.3 Å². The third-order valence-corrected chi connectivity index (χ3v) is 24.3. The van der Waals surface area contributed by atoms with Gasteiger partial charge < -0.3 is 34.6 Å². The van der Waals surface area contributed by atoms with E-state index < -0.39 is 65.2 Å². The standard InChI is InChI=1S/C67H80N4O15S4/c1-10-56(72)61(89(78,79)83-8)22-24-87-88-67(5,6)23-21-63(74)68-42(4)57(73)26-41(3)64(75)69-51-28-43(27-44(29-51)39-86-60-32-47-19-20-52-30-45-15-11-13-17-48(45)36-70(52)65(76)54(47)35-59(60)82-7)38-85-58-33-50-34-62(90(80,81)84-9)55-31-46-16-12-14-18-49(46)37-71(55)66(77)53(50)25-40(58)2/h11-18,25,27-29,32-33,35,41-42,52,55,61-62H,10,19-24,26,30-31,34,36-39H2,1-9H3,(H,68,74)(H,69,75)/t41-,42+,52-,55+,61?,62?/m1/s1. The van der Waals surface area contributed by atoms with E-state index in [1.54, 1.807) is 56.0 Å². The molecule has 2 unspecified atom stereocenters. The molecule has 0 aromatic heterocycles. The Labute approximate surface area is 536 Å². The number of rotatable bonds is 27. The van der Waals surface area contributed by atoms with E-state index in [1.807, 2.05) is 74.2 Å².